The van der Waals surface area contributed by atoms with E-state index >= 15 is 0 Å². The lowest BCUT2D eigenvalue weighted by Crippen LogP contribution is -2.36. The summed E-state index contributed by atoms with van der Waals surface area (Å²) in [6.07, 6.45) is 1.36. The van der Waals surface area contributed by atoms with Crippen LogP contribution in [-0.2, 0) is 14.8 Å². The number of hydrogen-bond donors (Lipinski definition) is 1. The summed E-state index contributed by atoms with van der Waals surface area (Å²) in [6, 6.07) is 8.43. The fourth-order valence-electron chi connectivity index (χ4n) is 2.31. The Morgan fingerprint density at radius 1 is 1.17 bits per heavy atom. The first-order valence-corrected chi connectivity index (χ1v) is 8.78. The standard InChI is InChI=1S/C15H18N4O3S/c1-12-3-2-4-14(17-12)18-23(20,21)13-5-6-15(16-11-13)19-7-9-22-10-8-19/h2-6,11H,7-10H2,1H3,(H,17,18). The van der Waals surface area contributed by atoms with Gasteiger partial charge in [-0.3, -0.25) is 4.72 Å². The van der Waals surface area contributed by atoms with Crippen LogP contribution in [0.2, 0.25) is 0 Å². The Morgan fingerprint density at radius 3 is 2.61 bits per heavy atom. The molecule has 1 aliphatic rings. The van der Waals surface area contributed by atoms with Gasteiger partial charge in [-0.25, -0.2) is 18.4 Å². The summed E-state index contributed by atoms with van der Waals surface area (Å²) < 4.78 is 32.5. The van der Waals surface area contributed by atoms with Gasteiger partial charge in [-0.15, -0.1) is 0 Å². The van der Waals surface area contributed by atoms with Gasteiger partial charge in [-0.2, -0.15) is 0 Å². The molecule has 0 unspecified atom stereocenters. The van der Waals surface area contributed by atoms with E-state index in [0.29, 0.717) is 19.0 Å². The number of aryl methyl sites for hydroxylation is 1. The van der Waals surface area contributed by atoms with Crippen LogP contribution in [0.25, 0.3) is 0 Å². The highest BCUT2D eigenvalue weighted by atomic mass is 32.2. The zero-order valence-corrected chi connectivity index (χ0v) is 13.6. The Bertz CT molecular complexity index is 772. The zero-order chi connectivity index (χ0) is 16.3. The summed E-state index contributed by atoms with van der Waals surface area (Å²) in [4.78, 5) is 10.6. The maximum Gasteiger partial charge on any atom is 0.264 e. The first kappa shape index (κ1) is 15.7. The molecule has 0 aliphatic carbocycles. The summed E-state index contributed by atoms with van der Waals surface area (Å²) in [5.41, 5.74) is 0.742. The van der Waals surface area contributed by atoms with Gasteiger partial charge in [0.05, 0.1) is 13.2 Å². The lowest BCUT2D eigenvalue weighted by atomic mass is 10.4. The minimum Gasteiger partial charge on any atom is -0.378 e. The fourth-order valence-corrected chi connectivity index (χ4v) is 3.25. The van der Waals surface area contributed by atoms with Crippen LogP contribution in [-0.4, -0.2) is 44.7 Å². The van der Waals surface area contributed by atoms with E-state index < -0.39 is 10.0 Å². The van der Waals surface area contributed by atoms with Gasteiger partial charge in [0.2, 0.25) is 0 Å². The molecule has 2 aromatic rings. The molecule has 8 heteroatoms. The molecule has 0 radical (unpaired) electrons. The van der Waals surface area contributed by atoms with Crippen LogP contribution in [0.3, 0.4) is 0 Å². The molecule has 1 fully saturated rings. The summed E-state index contributed by atoms with van der Waals surface area (Å²) >= 11 is 0. The fraction of sp³-hybridized carbons (Fsp3) is 0.333. The molecular weight excluding hydrogens is 316 g/mol. The third kappa shape index (κ3) is 3.77. The average molecular weight is 334 g/mol. The van der Waals surface area contributed by atoms with Crippen LogP contribution in [0, 0.1) is 6.92 Å². The molecule has 122 valence electrons. The van der Waals surface area contributed by atoms with Crippen molar-refractivity contribution in [2.24, 2.45) is 0 Å². The van der Waals surface area contributed by atoms with Gasteiger partial charge in [-0.05, 0) is 31.2 Å². The number of hydrogen-bond acceptors (Lipinski definition) is 6. The number of morpholine rings is 1. The quantitative estimate of drug-likeness (QED) is 0.910. The van der Waals surface area contributed by atoms with Crippen LogP contribution in [0.15, 0.2) is 41.4 Å². The minimum atomic E-state index is -3.70. The van der Waals surface area contributed by atoms with E-state index in [9.17, 15) is 8.42 Å². The van der Waals surface area contributed by atoms with E-state index in [0.717, 1.165) is 24.6 Å². The minimum absolute atomic E-state index is 0.109. The summed E-state index contributed by atoms with van der Waals surface area (Å²) in [5.74, 6) is 1.04. The van der Waals surface area contributed by atoms with Crippen LogP contribution < -0.4 is 9.62 Å². The molecule has 0 bridgehead atoms. The smallest absolute Gasteiger partial charge is 0.264 e. The van der Waals surface area contributed by atoms with Gasteiger partial charge in [0.25, 0.3) is 10.0 Å². The molecule has 2 aromatic heterocycles. The Labute approximate surface area is 135 Å². The van der Waals surface area contributed by atoms with Gasteiger partial charge in [-0.1, -0.05) is 6.07 Å². The number of ether oxygens (including phenoxy) is 1. The molecule has 1 N–H and O–H groups in total. The molecule has 7 nitrogen and oxygen atoms in total. The van der Waals surface area contributed by atoms with Crippen LogP contribution in [0.5, 0.6) is 0 Å². The molecule has 0 saturated carbocycles. The second kappa shape index (κ2) is 6.51. The molecule has 3 rings (SSSR count). The number of nitrogens with zero attached hydrogens (tertiary/aromatic N) is 3. The number of pyridine rings is 2. The number of anilines is 2. The highest BCUT2D eigenvalue weighted by Crippen LogP contribution is 2.18. The lowest BCUT2D eigenvalue weighted by Gasteiger charge is -2.27. The van der Waals surface area contributed by atoms with Gasteiger partial charge in [0.1, 0.15) is 16.5 Å². The van der Waals surface area contributed by atoms with E-state index in [-0.39, 0.29) is 4.90 Å². The zero-order valence-electron chi connectivity index (χ0n) is 12.8. The Hall–Kier alpha value is -2.19. The van der Waals surface area contributed by atoms with Crippen molar-refractivity contribution in [1.29, 1.82) is 0 Å². The van der Waals surface area contributed by atoms with Crippen molar-refractivity contribution in [3.63, 3.8) is 0 Å². The molecular formula is C15H18N4O3S. The number of nitrogens with one attached hydrogen (secondary N) is 1. The SMILES string of the molecule is Cc1cccc(NS(=O)(=O)c2ccc(N3CCOCC3)nc2)n1. The van der Waals surface area contributed by atoms with E-state index in [1.165, 1.54) is 6.20 Å². The van der Waals surface area contributed by atoms with Crippen LogP contribution in [0.1, 0.15) is 5.69 Å². The summed E-state index contributed by atoms with van der Waals surface area (Å²) in [6.45, 7) is 4.62. The number of rotatable bonds is 4. The molecule has 3 heterocycles. The molecule has 1 saturated heterocycles. The maximum absolute atomic E-state index is 12.4. The number of sulfonamides is 1. The summed E-state index contributed by atoms with van der Waals surface area (Å²) in [7, 11) is -3.70. The predicted octanol–water partition coefficient (Wildman–Crippen LogP) is 1.42. The van der Waals surface area contributed by atoms with E-state index in [1.54, 1.807) is 37.3 Å². The largest absolute Gasteiger partial charge is 0.378 e. The Kier molecular flexibility index (Phi) is 4.44. The van der Waals surface area contributed by atoms with Gasteiger partial charge < -0.3 is 9.64 Å². The highest BCUT2D eigenvalue weighted by molar-refractivity contribution is 7.92. The first-order valence-electron chi connectivity index (χ1n) is 7.30. The molecule has 0 amide bonds. The van der Waals surface area contributed by atoms with E-state index in [2.05, 4.69) is 19.6 Å². The average Bonchev–Trinajstić information content (AvgIpc) is 2.55. The van der Waals surface area contributed by atoms with Crippen molar-refractivity contribution >= 4 is 21.7 Å². The third-order valence-corrected chi connectivity index (χ3v) is 4.83. The van der Waals surface area contributed by atoms with E-state index in [1.807, 2.05) is 0 Å². The van der Waals surface area contributed by atoms with Crippen molar-refractivity contribution < 1.29 is 13.2 Å². The lowest BCUT2D eigenvalue weighted by molar-refractivity contribution is 0.122. The molecule has 0 aromatic carbocycles. The van der Waals surface area contributed by atoms with Crippen molar-refractivity contribution in [2.45, 2.75) is 11.8 Å². The van der Waals surface area contributed by atoms with Crippen molar-refractivity contribution in [1.82, 2.24) is 9.97 Å². The molecule has 0 atom stereocenters. The van der Waals surface area contributed by atoms with Crippen molar-refractivity contribution in [3.8, 4) is 0 Å². The Morgan fingerprint density at radius 2 is 1.96 bits per heavy atom. The molecule has 23 heavy (non-hydrogen) atoms. The topological polar surface area (TPSA) is 84.4 Å². The third-order valence-electron chi connectivity index (χ3n) is 3.49. The second-order valence-electron chi connectivity index (χ2n) is 5.22. The van der Waals surface area contributed by atoms with Crippen LogP contribution >= 0.6 is 0 Å². The first-order chi connectivity index (χ1) is 11.0. The van der Waals surface area contributed by atoms with Gasteiger partial charge in [0, 0.05) is 25.0 Å². The summed E-state index contributed by atoms with van der Waals surface area (Å²) in [5, 5.41) is 0. The van der Waals surface area contributed by atoms with Crippen molar-refractivity contribution in [3.05, 3.63) is 42.2 Å². The normalized spacial score (nSPS) is 15.4. The monoisotopic (exact) mass is 334 g/mol. The predicted molar refractivity (Wildman–Crippen MR) is 87.1 cm³/mol. The van der Waals surface area contributed by atoms with Crippen LogP contribution in [0.4, 0.5) is 11.6 Å². The van der Waals surface area contributed by atoms with E-state index in [4.69, 9.17) is 4.74 Å². The maximum atomic E-state index is 12.4. The molecule has 0 spiro atoms. The highest BCUT2D eigenvalue weighted by Gasteiger charge is 2.17. The van der Waals surface area contributed by atoms with Crippen molar-refractivity contribution in [2.75, 3.05) is 35.9 Å². The number of aromatic nitrogens is 2. The second-order valence-corrected chi connectivity index (χ2v) is 6.90. The van der Waals surface area contributed by atoms with Gasteiger partial charge in [0.15, 0.2) is 0 Å². The molecule has 1 aliphatic heterocycles. The van der Waals surface area contributed by atoms with Gasteiger partial charge >= 0.3 is 0 Å². The Balaban J connectivity index is 1.77.